The molecule has 0 spiro atoms. The molecule has 8 heteroatoms. The first-order valence-corrected chi connectivity index (χ1v) is 11.6. The Morgan fingerprint density at radius 1 is 1.36 bits per heavy atom. The first kappa shape index (κ1) is 21.8. The minimum absolute atomic E-state index is 0.122. The molecule has 1 atom stereocenters. The number of hydrogen-bond acceptors (Lipinski definition) is 5. The van der Waals surface area contributed by atoms with Crippen LogP contribution in [-0.4, -0.2) is 39.8 Å². The quantitative estimate of drug-likeness (QED) is 0.569. The number of aromatic carboxylic acids is 1. The Bertz CT molecular complexity index is 1310. The van der Waals surface area contributed by atoms with E-state index >= 15 is 0 Å². The molecule has 1 saturated carbocycles. The highest BCUT2D eigenvalue weighted by Crippen LogP contribution is 2.45. The molecular weight excluding hydrogens is 442 g/mol. The van der Waals surface area contributed by atoms with Gasteiger partial charge in [-0.1, -0.05) is 17.7 Å². The van der Waals surface area contributed by atoms with Gasteiger partial charge in [-0.2, -0.15) is 0 Å². The van der Waals surface area contributed by atoms with Gasteiger partial charge in [-0.15, -0.1) is 0 Å². The monoisotopic (exact) mass is 467 g/mol. The summed E-state index contributed by atoms with van der Waals surface area (Å²) in [6, 6.07) is 7.55. The third-order valence-corrected chi connectivity index (χ3v) is 7.22. The van der Waals surface area contributed by atoms with Crippen molar-refractivity contribution in [3.63, 3.8) is 0 Å². The Balaban J connectivity index is 1.55. The van der Waals surface area contributed by atoms with Gasteiger partial charge in [0.25, 0.3) is 0 Å². The highest BCUT2D eigenvalue weighted by atomic mass is 35.5. The van der Waals surface area contributed by atoms with Crippen LogP contribution in [0.3, 0.4) is 0 Å². The standard InChI is InChI=1S/C25H26ClN3O4/c1-15-5-3-9-27-23(15)33-14-16-6-4-10-28(16)21-12-20-17(11-19(21)26)22(30)18(24(31)32)13-29(20)25(2)7-8-25/h3,5,9,11-13,16H,4,6-8,10,14H2,1-2H3,(H,31,32)/t16-/m1/s1. The summed E-state index contributed by atoms with van der Waals surface area (Å²) in [5, 5.41) is 10.3. The predicted molar refractivity (Wildman–Crippen MR) is 128 cm³/mol. The van der Waals surface area contributed by atoms with Crippen molar-refractivity contribution in [1.82, 2.24) is 9.55 Å². The lowest BCUT2D eigenvalue weighted by Crippen LogP contribution is -2.34. The zero-order valence-electron chi connectivity index (χ0n) is 18.7. The second kappa shape index (κ2) is 8.06. The molecule has 1 aromatic carbocycles. The fourth-order valence-electron chi connectivity index (χ4n) is 4.70. The fraction of sp³-hybridized carbons (Fsp3) is 0.400. The van der Waals surface area contributed by atoms with Crippen LogP contribution in [0.5, 0.6) is 5.88 Å². The lowest BCUT2D eigenvalue weighted by molar-refractivity contribution is 0.0694. The number of carboxylic acid groups (broad SMARTS) is 1. The van der Waals surface area contributed by atoms with Crippen molar-refractivity contribution in [2.24, 2.45) is 0 Å². The Labute approximate surface area is 196 Å². The molecule has 5 rings (SSSR count). The van der Waals surface area contributed by atoms with Crippen LogP contribution in [0.25, 0.3) is 10.9 Å². The molecule has 2 fully saturated rings. The molecule has 1 aliphatic carbocycles. The largest absolute Gasteiger partial charge is 0.477 e. The molecule has 1 aliphatic heterocycles. The van der Waals surface area contributed by atoms with Gasteiger partial charge in [-0.05, 0) is 57.7 Å². The number of hydrogen-bond donors (Lipinski definition) is 1. The molecule has 0 unspecified atom stereocenters. The van der Waals surface area contributed by atoms with E-state index in [9.17, 15) is 14.7 Å². The molecule has 172 valence electrons. The smallest absolute Gasteiger partial charge is 0.341 e. The van der Waals surface area contributed by atoms with E-state index in [1.54, 1.807) is 12.3 Å². The maximum Gasteiger partial charge on any atom is 0.341 e. The average molecular weight is 468 g/mol. The second-order valence-corrected chi connectivity index (χ2v) is 9.70. The Kier molecular flexibility index (Phi) is 5.32. The third kappa shape index (κ3) is 3.84. The van der Waals surface area contributed by atoms with E-state index in [0.29, 0.717) is 22.9 Å². The first-order valence-electron chi connectivity index (χ1n) is 11.2. The number of anilines is 1. The molecule has 7 nitrogen and oxygen atoms in total. The minimum atomic E-state index is -1.22. The Hall–Kier alpha value is -3.06. The summed E-state index contributed by atoms with van der Waals surface area (Å²) in [5.41, 5.74) is 1.63. The SMILES string of the molecule is Cc1cccnc1OC[C@H]1CCCN1c1cc2c(cc1Cl)c(=O)c(C(=O)O)cn2C1(C)CC1. The van der Waals surface area contributed by atoms with Gasteiger partial charge in [0.15, 0.2) is 0 Å². The summed E-state index contributed by atoms with van der Waals surface area (Å²) in [6.45, 7) is 5.36. The van der Waals surface area contributed by atoms with E-state index in [4.69, 9.17) is 16.3 Å². The van der Waals surface area contributed by atoms with Gasteiger partial charge in [-0.25, -0.2) is 9.78 Å². The van der Waals surface area contributed by atoms with Crippen LogP contribution in [0.15, 0.2) is 41.5 Å². The molecule has 1 saturated heterocycles. The number of nitrogens with zero attached hydrogens (tertiary/aromatic N) is 3. The molecule has 3 aromatic rings. The van der Waals surface area contributed by atoms with E-state index < -0.39 is 11.4 Å². The number of carbonyl (C=O) groups is 1. The number of aromatic nitrogens is 2. The molecule has 0 radical (unpaired) electrons. The normalized spacial score (nSPS) is 19.1. The first-order chi connectivity index (χ1) is 15.8. The average Bonchev–Trinajstić information content (AvgIpc) is 3.36. The van der Waals surface area contributed by atoms with E-state index in [1.165, 1.54) is 6.20 Å². The summed E-state index contributed by atoms with van der Waals surface area (Å²) in [6.07, 6.45) is 7.05. The van der Waals surface area contributed by atoms with Gasteiger partial charge in [0.05, 0.1) is 22.3 Å². The van der Waals surface area contributed by atoms with E-state index in [2.05, 4.69) is 16.8 Å². The summed E-state index contributed by atoms with van der Waals surface area (Å²) in [5.74, 6) is -0.590. The molecule has 1 N–H and O–H groups in total. The minimum Gasteiger partial charge on any atom is -0.477 e. The number of ether oxygens (including phenoxy) is 1. The van der Waals surface area contributed by atoms with Crippen molar-refractivity contribution in [1.29, 1.82) is 0 Å². The van der Waals surface area contributed by atoms with Gasteiger partial charge in [-0.3, -0.25) is 4.79 Å². The summed E-state index contributed by atoms with van der Waals surface area (Å²) in [7, 11) is 0. The molecular formula is C25H26ClN3O4. The molecule has 0 bridgehead atoms. The van der Waals surface area contributed by atoms with Crippen molar-refractivity contribution in [3.05, 3.63) is 63.0 Å². The van der Waals surface area contributed by atoms with Crippen LogP contribution in [0.4, 0.5) is 5.69 Å². The number of rotatable bonds is 6. The predicted octanol–water partition coefficient (Wildman–Crippen LogP) is 4.61. The Morgan fingerprint density at radius 2 is 2.15 bits per heavy atom. The summed E-state index contributed by atoms with van der Waals surface area (Å²) >= 11 is 6.69. The van der Waals surface area contributed by atoms with Crippen LogP contribution in [0, 0.1) is 6.92 Å². The molecule has 3 heterocycles. The topological polar surface area (TPSA) is 84.7 Å². The lowest BCUT2D eigenvalue weighted by Gasteiger charge is -2.29. The number of aryl methyl sites for hydroxylation is 1. The molecule has 2 aliphatic rings. The van der Waals surface area contributed by atoms with Gasteiger partial charge in [0.2, 0.25) is 11.3 Å². The van der Waals surface area contributed by atoms with Crippen LogP contribution in [0.1, 0.15) is 48.5 Å². The fourth-order valence-corrected chi connectivity index (χ4v) is 4.97. The van der Waals surface area contributed by atoms with Crippen molar-refractivity contribution in [3.8, 4) is 5.88 Å². The van der Waals surface area contributed by atoms with Crippen molar-refractivity contribution in [2.45, 2.75) is 51.1 Å². The van der Waals surface area contributed by atoms with Crippen LogP contribution in [-0.2, 0) is 5.54 Å². The van der Waals surface area contributed by atoms with Gasteiger partial charge in [0.1, 0.15) is 12.2 Å². The number of halogens is 1. The number of fused-ring (bicyclic) bond motifs is 1. The summed E-state index contributed by atoms with van der Waals surface area (Å²) in [4.78, 5) is 31.2. The van der Waals surface area contributed by atoms with E-state index in [-0.39, 0.29) is 17.1 Å². The lowest BCUT2D eigenvalue weighted by atomic mass is 10.1. The van der Waals surface area contributed by atoms with Crippen molar-refractivity contribution < 1.29 is 14.6 Å². The van der Waals surface area contributed by atoms with Crippen LogP contribution in [0.2, 0.25) is 5.02 Å². The van der Waals surface area contributed by atoms with Crippen molar-refractivity contribution >= 4 is 34.2 Å². The third-order valence-electron chi connectivity index (χ3n) is 6.92. The molecule has 2 aromatic heterocycles. The number of benzene rings is 1. The Morgan fingerprint density at radius 3 is 2.85 bits per heavy atom. The van der Waals surface area contributed by atoms with E-state index in [1.807, 2.05) is 29.7 Å². The van der Waals surface area contributed by atoms with Gasteiger partial charge < -0.3 is 19.3 Å². The molecule has 33 heavy (non-hydrogen) atoms. The number of carboxylic acids is 1. The second-order valence-electron chi connectivity index (χ2n) is 9.29. The molecule has 0 amide bonds. The summed E-state index contributed by atoms with van der Waals surface area (Å²) < 4.78 is 7.98. The van der Waals surface area contributed by atoms with Gasteiger partial charge in [0, 0.05) is 35.4 Å². The highest BCUT2D eigenvalue weighted by Gasteiger charge is 2.40. The maximum absolute atomic E-state index is 12.9. The van der Waals surface area contributed by atoms with Gasteiger partial charge >= 0.3 is 5.97 Å². The zero-order chi connectivity index (χ0) is 23.3. The maximum atomic E-state index is 12.9. The van der Waals surface area contributed by atoms with E-state index in [0.717, 1.165) is 49.0 Å². The highest BCUT2D eigenvalue weighted by molar-refractivity contribution is 6.34. The zero-order valence-corrected chi connectivity index (χ0v) is 19.4. The van der Waals surface area contributed by atoms with Crippen LogP contribution >= 0.6 is 11.6 Å². The van der Waals surface area contributed by atoms with Crippen LogP contribution < -0.4 is 15.1 Å². The number of pyridine rings is 2. The van der Waals surface area contributed by atoms with Crippen molar-refractivity contribution in [2.75, 3.05) is 18.1 Å².